The fourth-order valence-electron chi connectivity index (χ4n) is 1.33. The Labute approximate surface area is 117 Å². The van der Waals surface area contributed by atoms with Crippen molar-refractivity contribution < 1.29 is 13.5 Å². The smallest absolute Gasteiger partial charge is 0.264 e. The van der Waals surface area contributed by atoms with Crippen molar-refractivity contribution in [2.45, 2.75) is 11.5 Å². The lowest BCUT2D eigenvalue weighted by molar-refractivity contribution is 0.282. The summed E-state index contributed by atoms with van der Waals surface area (Å²) >= 11 is 4.40. The summed E-state index contributed by atoms with van der Waals surface area (Å²) in [6, 6.07) is 4.83. The molecule has 0 atom stereocenters. The van der Waals surface area contributed by atoms with Gasteiger partial charge in [0.25, 0.3) is 10.0 Å². The maximum atomic E-state index is 12.1. The number of hydrogen-bond donors (Lipinski definition) is 2. The number of pyridine rings is 1. The van der Waals surface area contributed by atoms with Crippen molar-refractivity contribution in [2.75, 3.05) is 4.72 Å². The van der Waals surface area contributed by atoms with Crippen molar-refractivity contribution in [1.82, 2.24) is 4.98 Å². The van der Waals surface area contributed by atoms with Crippen LogP contribution < -0.4 is 4.72 Å². The normalized spacial score (nSPS) is 11.4. The average Bonchev–Trinajstić information content (AvgIpc) is 2.81. The third-order valence-corrected chi connectivity index (χ3v) is 5.23. The van der Waals surface area contributed by atoms with Crippen LogP contribution in [0.25, 0.3) is 0 Å². The van der Waals surface area contributed by atoms with Crippen LogP contribution in [0.3, 0.4) is 0 Å². The van der Waals surface area contributed by atoms with Gasteiger partial charge in [0.15, 0.2) is 5.82 Å². The van der Waals surface area contributed by atoms with Crippen LogP contribution in [0.4, 0.5) is 5.82 Å². The van der Waals surface area contributed by atoms with Crippen molar-refractivity contribution in [3.05, 3.63) is 39.1 Å². The molecule has 0 radical (unpaired) electrons. The fourth-order valence-corrected chi connectivity index (χ4v) is 4.14. The van der Waals surface area contributed by atoms with Crippen LogP contribution in [0.5, 0.6) is 0 Å². The van der Waals surface area contributed by atoms with Gasteiger partial charge in [-0.15, -0.1) is 11.3 Å². The molecular weight excluding hydrogens is 340 g/mol. The minimum atomic E-state index is -3.73. The molecule has 5 nitrogen and oxygen atoms in total. The third-order valence-electron chi connectivity index (χ3n) is 2.13. The highest BCUT2D eigenvalue weighted by atomic mass is 79.9. The van der Waals surface area contributed by atoms with Gasteiger partial charge in [-0.1, -0.05) is 0 Å². The highest BCUT2D eigenvalue weighted by Gasteiger charge is 2.20. The van der Waals surface area contributed by atoms with Gasteiger partial charge in [-0.3, -0.25) is 4.72 Å². The number of aliphatic hydroxyl groups is 1. The highest BCUT2D eigenvalue weighted by Crippen LogP contribution is 2.26. The zero-order valence-corrected chi connectivity index (χ0v) is 12.2. The molecule has 0 spiro atoms. The second-order valence-electron chi connectivity index (χ2n) is 3.31. The van der Waals surface area contributed by atoms with Gasteiger partial charge < -0.3 is 5.11 Å². The molecule has 2 aromatic heterocycles. The largest absolute Gasteiger partial charge is 0.391 e. The van der Waals surface area contributed by atoms with Gasteiger partial charge in [0.2, 0.25) is 0 Å². The maximum absolute atomic E-state index is 12.1. The lowest BCUT2D eigenvalue weighted by atomic mass is 10.5. The summed E-state index contributed by atoms with van der Waals surface area (Å²) < 4.78 is 27.2. The van der Waals surface area contributed by atoms with Gasteiger partial charge in [-0.05, 0) is 39.5 Å². The molecule has 0 amide bonds. The molecule has 0 aliphatic rings. The quantitative estimate of drug-likeness (QED) is 0.887. The first-order chi connectivity index (χ1) is 8.54. The molecule has 0 aromatic carbocycles. The maximum Gasteiger partial charge on any atom is 0.264 e. The molecule has 0 aliphatic carbocycles. The molecule has 18 heavy (non-hydrogen) atoms. The SMILES string of the molecule is O=S(=O)(Nc1ncccc1Br)c1ccsc1CO. The minimum absolute atomic E-state index is 0.0764. The monoisotopic (exact) mass is 348 g/mol. The summed E-state index contributed by atoms with van der Waals surface area (Å²) in [6.07, 6.45) is 1.49. The van der Waals surface area contributed by atoms with E-state index in [1.165, 1.54) is 23.6 Å². The number of nitrogens with one attached hydrogen (secondary N) is 1. The number of nitrogens with zero attached hydrogens (tertiary/aromatic N) is 1. The summed E-state index contributed by atoms with van der Waals surface area (Å²) in [5, 5.41) is 10.7. The van der Waals surface area contributed by atoms with E-state index in [2.05, 4.69) is 25.6 Å². The number of sulfonamides is 1. The molecule has 2 heterocycles. The van der Waals surface area contributed by atoms with Crippen molar-refractivity contribution in [1.29, 1.82) is 0 Å². The van der Waals surface area contributed by atoms with Crippen molar-refractivity contribution in [2.24, 2.45) is 0 Å². The number of hydrogen-bond acceptors (Lipinski definition) is 5. The molecule has 0 aliphatic heterocycles. The molecule has 0 unspecified atom stereocenters. The average molecular weight is 349 g/mol. The zero-order chi connectivity index (χ0) is 13.2. The topological polar surface area (TPSA) is 79.3 Å². The van der Waals surface area contributed by atoms with E-state index >= 15 is 0 Å². The van der Waals surface area contributed by atoms with Gasteiger partial charge in [-0.2, -0.15) is 0 Å². The second-order valence-corrected chi connectivity index (χ2v) is 6.81. The number of aromatic nitrogens is 1. The molecule has 2 rings (SSSR count). The van der Waals surface area contributed by atoms with Gasteiger partial charge in [0, 0.05) is 6.20 Å². The number of thiophene rings is 1. The van der Waals surface area contributed by atoms with E-state index in [1.54, 1.807) is 17.5 Å². The Morgan fingerprint density at radius 3 is 2.89 bits per heavy atom. The Kier molecular flexibility index (Phi) is 4.00. The predicted molar refractivity (Wildman–Crippen MR) is 73.0 cm³/mol. The van der Waals surface area contributed by atoms with Crippen LogP contribution >= 0.6 is 27.3 Å². The Hall–Kier alpha value is -0.960. The lowest BCUT2D eigenvalue weighted by Crippen LogP contribution is -2.15. The first kappa shape index (κ1) is 13.5. The van der Waals surface area contributed by atoms with Crippen molar-refractivity contribution in [3.63, 3.8) is 0 Å². The van der Waals surface area contributed by atoms with E-state index in [-0.39, 0.29) is 17.3 Å². The van der Waals surface area contributed by atoms with Crippen LogP contribution in [0.15, 0.2) is 39.1 Å². The summed E-state index contributed by atoms with van der Waals surface area (Å²) in [5.74, 6) is 0.215. The second kappa shape index (κ2) is 5.35. The summed E-state index contributed by atoms with van der Waals surface area (Å²) in [5.41, 5.74) is 0. The van der Waals surface area contributed by atoms with E-state index < -0.39 is 10.0 Å². The molecule has 96 valence electrons. The van der Waals surface area contributed by atoms with Crippen LogP contribution in [0.2, 0.25) is 0 Å². The van der Waals surface area contributed by atoms with Crippen LogP contribution in [0.1, 0.15) is 4.88 Å². The van der Waals surface area contributed by atoms with Crippen LogP contribution in [-0.4, -0.2) is 18.5 Å². The number of anilines is 1. The summed E-state index contributed by atoms with van der Waals surface area (Å²) in [7, 11) is -3.73. The third kappa shape index (κ3) is 2.72. The van der Waals surface area contributed by atoms with Crippen LogP contribution in [-0.2, 0) is 16.6 Å². The standard InChI is InChI=1S/C10H9BrN2O3S2/c11-7-2-1-4-12-10(7)13-18(15,16)9-3-5-17-8(9)6-14/h1-5,14H,6H2,(H,12,13). The minimum Gasteiger partial charge on any atom is -0.391 e. The first-order valence-electron chi connectivity index (χ1n) is 4.85. The van der Waals surface area contributed by atoms with E-state index in [9.17, 15) is 8.42 Å². The van der Waals surface area contributed by atoms with Crippen LogP contribution in [0, 0.1) is 0 Å². The Bertz CT molecular complexity index is 655. The van der Waals surface area contributed by atoms with Gasteiger partial charge in [0.05, 0.1) is 16.0 Å². The molecule has 0 bridgehead atoms. The number of halogens is 1. The van der Waals surface area contributed by atoms with Gasteiger partial charge in [0.1, 0.15) is 4.90 Å². The van der Waals surface area contributed by atoms with E-state index in [0.29, 0.717) is 9.35 Å². The summed E-state index contributed by atoms with van der Waals surface area (Å²) in [6.45, 7) is -0.308. The zero-order valence-electron chi connectivity index (χ0n) is 9.00. The molecule has 2 N–H and O–H groups in total. The highest BCUT2D eigenvalue weighted by molar-refractivity contribution is 9.10. The molecule has 0 saturated heterocycles. The molecule has 8 heteroatoms. The van der Waals surface area contributed by atoms with E-state index in [0.717, 1.165) is 0 Å². The van der Waals surface area contributed by atoms with Gasteiger partial charge in [-0.25, -0.2) is 13.4 Å². The Morgan fingerprint density at radius 2 is 2.22 bits per heavy atom. The molecule has 2 aromatic rings. The Morgan fingerprint density at radius 1 is 1.44 bits per heavy atom. The molecule has 0 fully saturated rings. The van der Waals surface area contributed by atoms with Gasteiger partial charge >= 0.3 is 0 Å². The number of rotatable bonds is 4. The molecular formula is C10H9BrN2O3S2. The fraction of sp³-hybridized carbons (Fsp3) is 0.100. The first-order valence-corrected chi connectivity index (χ1v) is 8.01. The lowest BCUT2D eigenvalue weighted by Gasteiger charge is -2.08. The Balaban J connectivity index is 2.37. The molecule has 0 saturated carbocycles. The summed E-state index contributed by atoms with van der Waals surface area (Å²) in [4.78, 5) is 4.41. The predicted octanol–water partition coefficient (Wildman–Crippen LogP) is 2.20. The van der Waals surface area contributed by atoms with Crippen molar-refractivity contribution >= 4 is 43.1 Å². The van der Waals surface area contributed by atoms with E-state index in [4.69, 9.17) is 5.11 Å². The van der Waals surface area contributed by atoms with E-state index in [1.807, 2.05) is 0 Å². The number of aliphatic hydroxyl groups excluding tert-OH is 1. The van der Waals surface area contributed by atoms with Crippen molar-refractivity contribution in [3.8, 4) is 0 Å².